The Labute approximate surface area is 113 Å². The lowest BCUT2D eigenvalue weighted by Crippen LogP contribution is -2.46. The summed E-state index contributed by atoms with van der Waals surface area (Å²) in [6, 6.07) is 4.02. The molecule has 1 amide bonds. The number of rotatable bonds is 3. The maximum absolute atomic E-state index is 13.1. The molecule has 0 aliphatic carbocycles. The molecule has 0 aromatic heterocycles. The van der Waals surface area contributed by atoms with Crippen molar-refractivity contribution >= 4 is 5.91 Å². The topological polar surface area (TPSA) is 29.5 Å². The predicted octanol–water partition coefficient (Wildman–Crippen LogP) is 2.62. The molecule has 0 spiro atoms. The van der Waals surface area contributed by atoms with Crippen molar-refractivity contribution < 1.29 is 27.1 Å². The molecule has 0 unspecified atom stereocenters. The first-order valence-corrected chi connectivity index (χ1v) is 6.08. The van der Waals surface area contributed by atoms with Crippen molar-refractivity contribution in [1.82, 2.24) is 4.90 Å². The van der Waals surface area contributed by atoms with Crippen LogP contribution in [0.25, 0.3) is 0 Å². The van der Waals surface area contributed by atoms with Gasteiger partial charge in [-0.15, -0.1) is 0 Å². The molecule has 1 aliphatic rings. The normalized spacial score (nSPS) is 19.1. The molecule has 1 heterocycles. The maximum atomic E-state index is 13.1. The van der Waals surface area contributed by atoms with Gasteiger partial charge < -0.3 is 9.64 Å². The lowest BCUT2D eigenvalue weighted by Gasteiger charge is -2.29. The molecule has 0 N–H and O–H groups in total. The van der Waals surface area contributed by atoms with Crippen LogP contribution in [0, 0.1) is 5.82 Å². The van der Waals surface area contributed by atoms with Gasteiger partial charge in [0.25, 0.3) is 5.91 Å². The molecule has 3 nitrogen and oxygen atoms in total. The van der Waals surface area contributed by atoms with Gasteiger partial charge in [-0.3, -0.25) is 4.79 Å². The summed E-state index contributed by atoms with van der Waals surface area (Å²) in [5.74, 6) is -1.50. The Bertz CT molecular complexity index is 484. The summed E-state index contributed by atoms with van der Waals surface area (Å²) in [6.45, 7) is -0.983. The molecular weight excluding hydrogens is 278 g/mol. The van der Waals surface area contributed by atoms with E-state index >= 15 is 0 Å². The van der Waals surface area contributed by atoms with Gasteiger partial charge in [-0.25, -0.2) is 4.39 Å². The Morgan fingerprint density at radius 1 is 1.40 bits per heavy atom. The Morgan fingerprint density at radius 3 is 2.70 bits per heavy atom. The smallest absolute Gasteiger partial charge is 0.379 e. The van der Waals surface area contributed by atoms with Crippen molar-refractivity contribution in [2.75, 3.05) is 19.8 Å². The van der Waals surface area contributed by atoms with Crippen LogP contribution in [0.3, 0.4) is 0 Å². The Hall–Kier alpha value is -1.63. The average Bonchev–Trinajstić information content (AvgIpc) is 2.87. The lowest BCUT2D eigenvalue weighted by atomic mass is 10.1. The van der Waals surface area contributed by atoms with Gasteiger partial charge in [-0.05, 0) is 24.6 Å². The molecule has 7 heteroatoms. The van der Waals surface area contributed by atoms with Gasteiger partial charge in [0.15, 0.2) is 0 Å². The Morgan fingerprint density at radius 2 is 2.15 bits per heavy atom. The number of amides is 1. The van der Waals surface area contributed by atoms with Crippen molar-refractivity contribution in [2.24, 2.45) is 0 Å². The summed E-state index contributed by atoms with van der Waals surface area (Å²) >= 11 is 0. The quantitative estimate of drug-likeness (QED) is 0.801. The van der Waals surface area contributed by atoms with Crippen LogP contribution in [0.15, 0.2) is 24.3 Å². The highest BCUT2D eigenvalue weighted by molar-refractivity contribution is 5.94. The number of hydrogen-bond acceptors (Lipinski definition) is 2. The minimum absolute atomic E-state index is 0.0666. The zero-order valence-electron chi connectivity index (χ0n) is 10.5. The number of carbonyl (C=O) groups is 1. The largest absolute Gasteiger partial charge is 0.406 e. The first kappa shape index (κ1) is 14.8. The second-order valence-electron chi connectivity index (χ2n) is 4.58. The number of alkyl halides is 3. The summed E-state index contributed by atoms with van der Waals surface area (Å²) in [5.41, 5.74) is -0.0962. The first-order valence-electron chi connectivity index (χ1n) is 6.08. The summed E-state index contributed by atoms with van der Waals surface area (Å²) in [4.78, 5) is 12.9. The van der Waals surface area contributed by atoms with E-state index < -0.39 is 30.5 Å². The van der Waals surface area contributed by atoms with Crippen LogP contribution in [0.4, 0.5) is 17.6 Å². The summed E-state index contributed by atoms with van der Waals surface area (Å²) in [7, 11) is 0. The van der Waals surface area contributed by atoms with E-state index in [1.165, 1.54) is 12.1 Å². The number of benzene rings is 1. The van der Waals surface area contributed by atoms with E-state index in [0.29, 0.717) is 17.9 Å². The van der Waals surface area contributed by atoms with Crippen LogP contribution < -0.4 is 0 Å². The van der Waals surface area contributed by atoms with E-state index in [4.69, 9.17) is 4.74 Å². The minimum atomic E-state index is -4.51. The minimum Gasteiger partial charge on any atom is -0.379 e. The van der Waals surface area contributed by atoms with Gasteiger partial charge >= 0.3 is 6.18 Å². The van der Waals surface area contributed by atoms with Gasteiger partial charge in [0.05, 0.1) is 12.6 Å². The SMILES string of the molecule is O=C(c1cccc(F)c1)N(CC(F)(F)F)[C@H]1CCOC1. The van der Waals surface area contributed by atoms with Crippen molar-refractivity contribution in [3.63, 3.8) is 0 Å². The number of ether oxygens (including phenoxy) is 1. The van der Waals surface area contributed by atoms with Crippen molar-refractivity contribution in [3.8, 4) is 0 Å². The molecule has 1 fully saturated rings. The third-order valence-corrected chi connectivity index (χ3v) is 3.03. The van der Waals surface area contributed by atoms with Gasteiger partial charge in [-0.2, -0.15) is 13.2 Å². The molecule has 1 aliphatic heterocycles. The van der Waals surface area contributed by atoms with E-state index in [9.17, 15) is 22.4 Å². The van der Waals surface area contributed by atoms with Crippen molar-refractivity contribution in [3.05, 3.63) is 35.6 Å². The Kier molecular flexibility index (Phi) is 4.27. The third kappa shape index (κ3) is 3.69. The molecule has 0 radical (unpaired) electrons. The first-order chi connectivity index (χ1) is 9.37. The van der Waals surface area contributed by atoms with E-state index in [1.807, 2.05) is 0 Å². The van der Waals surface area contributed by atoms with Crippen molar-refractivity contribution in [1.29, 1.82) is 0 Å². The fourth-order valence-electron chi connectivity index (χ4n) is 2.12. The second kappa shape index (κ2) is 5.78. The molecule has 1 saturated heterocycles. The fourth-order valence-corrected chi connectivity index (χ4v) is 2.12. The van der Waals surface area contributed by atoms with Crippen LogP contribution in [0.2, 0.25) is 0 Å². The van der Waals surface area contributed by atoms with Gasteiger partial charge in [0, 0.05) is 12.2 Å². The zero-order valence-corrected chi connectivity index (χ0v) is 10.5. The van der Waals surface area contributed by atoms with Gasteiger partial charge in [0.2, 0.25) is 0 Å². The fraction of sp³-hybridized carbons (Fsp3) is 0.462. The standard InChI is InChI=1S/C13H13F4NO2/c14-10-3-1-2-9(6-10)12(19)18(8-13(15,16)17)11-4-5-20-7-11/h1-3,6,11H,4-5,7-8H2/t11-/m0/s1. The van der Waals surface area contributed by atoms with E-state index in [-0.39, 0.29) is 12.2 Å². The molecule has 0 saturated carbocycles. The zero-order chi connectivity index (χ0) is 14.8. The second-order valence-corrected chi connectivity index (χ2v) is 4.58. The number of carbonyl (C=O) groups excluding carboxylic acids is 1. The van der Waals surface area contributed by atoms with Crippen molar-refractivity contribution in [2.45, 2.75) is 18.6 Å². The third-order valence-electron chi connectivity index (χ3n) is 3.03. The molecule has 1 aromatic carbocycles. The molecule has 1 aromatic rings. The summed E-state index contributed by atoms with van der Waals surface area (Å²) in [6.07, 6.45) is -4.16. The Balaban J connectivity index is 2.23. The number of nitrogens with zero attached hydrogens (tertiary/aromatic N) is 1. The maximum Gasteiger partial charge on any atom is 0.406 e. The van der Waals surface area contributed by atoms with Gasteiger partial charge in [0.1, 0.15) is 12.4 Å². The van der Waals surface area contributed by atoms with Gasteiger partial charge in [-0.1, -0.05) is 6.07 Å². The number of halogens is 4. The van der Waals surface area contributed by atoms with Crippen LogP contribution in [-0.2, 0) is 4.74 Å². The lowest BCUT2D eigenvalue weighted by molar-refractivity contribution is -0.144. The highest BCUT2D eigenvalue weighted by Gasteiger charge is 2.38. The molecule has 0 bridgehead atoms. The highest BCUT2D eigenvalue weighted by Crippen LogP contribution is 2.23. The molecule has 20 heavy (non-hydrogen) atoms. The highest BCUT2D eigenvalue weighted by atomic mass is 19.4. The molecule has 2 rings (SSSR count). The van der Waals surface area contributed by atoms with E-state index in [0.717, 1.165) is 12.1 Å². The van der Waals surface area contributed by atoms with Crippen LogP contribution >= 0.6 is 0 Å². The van der Waals surface area contributed by atoms with Crippen LogP contribution in [0.1, 0.15) is 16.8 Å². The summed E-state index contributed by atoms with van der Waals surface area (Å²) in [5, 5.41) is 0. The molecular formula is C13H13F4NO2. The average molecular weight is 291 g/mol. The van der Waals surface area contributed by atoms with E-state index in [1.54, 1.807) is 0 Å². The molecule has 1 atom stereocenters. The number of hydrogen-bond donors (Lipinski definition) is 0. The van der Waals surface area contributed by atoms with E-state index in [2.05, 4.69) is 0 Å². The monoisotopic (exact) mass is 291 g/mol. The predicted molar refractivity (Wildman–Crippen MR) is 62.7 cm³/mol. The van der Waals surface area contributed by atoms with Crippen LogP contribution in [-0.4, -0.2) is 42.8 Å². The molecule has 110 valence electrons. The summed E-state index contributed by atoms with van der Waals surface area (Å²) < 4.78 is 55.9. The van der Waals surface area contributed by atoms with Crippen LogP contribution in [0.5, 0.6) is 0 Å².